The van der Waals surface area contributed by atoms with Crippen molar-refractivity contribution in [3.05, 3.63) is 54.6 Å². The Kier molecular flexibility index (Phi) is 6.73. The molecule has 0 unspecified atom stereocenters. The third-order valence-electron chi connectivity index (χ3n) is 4.83. The number of carbonyl (C=O) groups excluding carboxylic acids is 2. The number of nitrogens with zero attached hydrogens (tertiary/aromatic N) is 1. The zero-order valence-electron chi connectivity index (χ0n) is 16.0. The van der Waals surface area contributed by atoms with Gasteiger partial charge in [0.15, 0.2) is 0 Å². The molecule has 0 spiro atoms. The fourth-order valence-corrected chi connectivity index (χ4v) is 3.22. The number of ether oxygens (including phenoxy) is 1. The summed E-state index contributed by atoms with van der Waals surface area (Å²) in [7, 11) is 1.58. The molecule has 28 heavy (non-hydrogen) atoms. The van der Waals surface area contributed by atoms with Crippen LogP contribution in [0.15, 0.2) is 54.6 Å². The number of carbonyl (C=O) groups is 2. The van der Waals surface area contributed by atoms with Crippen LogP contribution in [-0.4, -0.2) is 43.7 Å². The normalized spacial score (nSPS) is 14.2. The van der Waals surface area contributed by atoms with Crippen LogP contribution in [0.4, 0.5) is 21.0 Å². The Morgan fingerprint density at radius 3 is 2.39 bits per heavy atom. The fourth-order valence-electron chi connectivity index (χ4n) is 3.22. The molecule has 2 aromatic carbocycles. The van der Waals surface area contributed by atoms with Crippen LogP contribution in [0.1, 0.15) is 12.8 Å². The van der Waals surface area contributed by atoms with Gasteiger partial charge in [0.05, 0.1) is 12.8 Å². The van der Waals surface area contributed by atoms with Crippen molar-refractivity contribution < 1.29 is 14.3 Å². The molecule has 4 amide bonds. The summed E-state index contributed by atoms with van der Waals surface area (Å²) < 4.78 is 5.27. The molecule has 1 aliphatic heterocycles. The van der Waals surface area contributed by atoms with Crippen molar-refractivity contribution in [3.8, 4) is 5.75 Å². The van der Waals surface area contributed by atoms with Crippen LogP contribution in [0, 0.1) is 5.92 Å². The topological polar surface area (TPSA) is 82.7 Å². The van der Waals surface area contributed by atoms with E-state index in [-0.39, 0.29) is 12.1 Å². The molecule has 0 aliphatic carbocycles. The first-order valence-electron chi connectivity index (χ1n) is 9.44. The number of anilines is 2. The number of para-hydroxylation sites is 3. The Morgan fingerprint density at radius 1 is 1.00 bits per heavy atom. The van der Waals surface area contributed by atoms with Crippen molar-refractivity contribution in [2.24, 2.45) is 5.92 Å². The summed E-state index contributed by atoms with van der Waals surface area (Å²) in [5, 5.41) is 8.63. The van der Waals surface area contributed by atoms with Crippen LogP contribution < -0.4 is 20.7 Å². The van der Waals surface area contributed by atoms with Crippen LogP contribution in [0.3, 0.4) is 0 Å². The van der Waals surface area contributed by atoms with Gasteiger partial charge in [-0.05, 0) is 43.0 Å². The van der Waals surface area contributed by atoms with E-state index in [0.29, 0.717) is 37.0 Å². The lowest BCUT2D eigenvalue weighted by molar-refractivity contribution is 0.181. The van der Waals surface area contributed by atoms with E-state index < -0.39 is 0 Å². The number of amides is 4. The van der Waals surface area contributed by atoms with Crippen LogP contribution >= 0.6 is 0 Å². The number of benzene rings is 2. The highest BCUT2D eigenvalue weighted by Gasteiger charge is 2.23. The van der Waals surface area contributed by atoms with Gasteiger partial charge in [-0.15, -0.1) is 0 Å². The Hall–Kier alpha value is -3.22. The number of piperidine rings is 1. The second-order valence-corrected chi connectivity index (χ2v) is 6.76. The summed E-state index contributed by atoms with van der Waals surface area (Å²) in [5.74, 6) is 0.996. The molecular weight excluding hydrogens is 356 g/mol. The van der Waals surface area contributed by atoms with Crippen molar-refractivity contribution in [3.63, 3.8) is 0 Å². The maximum Gasteiger partial charge on any atom is 0.321 e. The van der Waals surface area contributed by atoms with Crippen molar-refractivity contribution in [1.82, 2.24) is 10.2 Å². The molecule has 1 heterocycles. The van der Waals surface area contributed by atoms with Gasteiger partial charge in [0.25, 0.3) is 0 Å². The van der Waals surface area contributed by atoms with Gasteiger partial charge in [-0.2, -0.15) is 0 Å². The smallest absolute Gasteiger partial charge is 0.321 e. The molecule has 2 aromatic rings. The summed E-state index contributed by atoms with van der Waals surface area (Å²) >= 11 is 0. The number of methoxy groups -OCH3 is 1. The number of urea groups is 2. The van der Waals surface area contributed by atoms with Crippen LogP contribution in [0.25, 0.3) is 0 Å². The summed E-state index contributed by atoms with van der Waals surface area (Å²) in [4.78, 5) is 26.3. The molecule has 3 N–H and O–H groups in total. The molecule has 0 bridgehead atoms. The van der Waals surface area contributed by atoms with E-state index in [4.69, 9.17) is 4.74 Å². The summed E-state index contributed by atoms with van der Waals surface area (Å²) in [6.45, 7) is 1.92. The van der Waals surface area contributed by atoms with E-state index in [1.807, 2.05) is 54.6 Å². The lowest BCUT2D eigenvalue weighted by Crippen LogP contribution is -2.43. The van der Waals surface area contributed by atoms with E-state index in [2.05, 4.69) is 16.0 Å². The van der Waals surface area contributed by atoms with Crippen LogP contribution in [-0.2, 0) is 0 Å². The minimum atomic E-state index is -0.206. The average molecular weight is 382 g/mol. The second kappa shape index (κ2) is 9.64. The molecule has 1 aliphatic rings. The van der Waals surface area contributed by atoms with Gasteiger partial charge in [-0.25, -0.2) is 9.59 Å². The first-order chi connectivity index (χ1) is 13.7. The summed E-state index contributed by atoms with van der Waals surface area (Å²) in [5.41, 5.74) is 1.43. The molecule has 0 atom stereocenters. The van der Waals surface area contributed by atoms with E-state index in [1.54, 1.807) is 12.0 Å². The van der Waals surface area contributed by atoms with E-state index in [9.17, 15) is 9.59 Å². The maximum atomic E-state index is 12.5. The monoisotopic (exact) mass is 382 g/mol. The van der Waals surface area contributed by atoms with Gasteiger partial charge in [-0.1, -0.05) is 30.3 Å². The van der Waals surface area contributed by atoms with Crippen molar-refractivity contribution in [2.75, 3.05) is 37.4 Å². The standard InChI is InChI=1S/C21H26N4O3/c1-28-19-10-6-5-9-18(19)24-21(27)25-13-11-16(12-14-25)15-22-20(26)23-17-7-3-2-4-8-17/h2-10,16H,11-15H2,1H3,(H,24,27)(H2,22,23,26). The van der Waals surface area contributed by atoms with Crippen molar-refractivity contribution in [1.29, 1.82) is 0 Å². The molecular formula is C21H26N4O3. The van der Waals surface area contributed by atoms with Gasteiger partial charge in [0.1, 0.15) is 5.75 Å². The molecule has 3 rings (SSSR count). The third kappa shape index (κ3) is 5.39. The zero-order valence-corrected chi connectivity index (χ0v) is 16.0. The number of likely N-dealkylation sites (tertiary alicyclic amines) is 1. The predicted molar refractivity (Wildman–Crippen MR) is 110 cm³/mol. The molecule has 7 heteroatoms. The Labute approximate surface area is 165 Å². The summed E-state index contributed by atoms with van der Waals surface area (Å²) in [6, 6.07) is 16.4. The Morgan fingerprint density at radius 2 is 1.68 bits per heavy atom. The zero-order chi connectivity index (χ0) is 19.8. The second-order valence-electron chi connectivity index (χ2n) is 6.76. The highest BCUT2D eigenvalue weighted by atomic mass is 16.5. The van der Waals surface area contributed by atoms with Gasteiger partial charge >= 0.3 is 12.1 Å². The molecule has 0 aromatic heterocycles. The van der Waals surface area contributed by atoms with Crippen molar-refractivity contribution >= 4 is 23.4 Å². The first-order valence-corrected chi connectivity index (χ1v) is 9.44. The lowest BCUT2D eigenvalue weighted by Gasteiger charge is -2.32. The molecule has 0 saturated carbocycles. The maximum absolute atomic E-state index is 12.5. The molecule has 148 valence electrons. The molecule has 1 fully saturated rings. The average Bonchev–Trinajstić information content (AvgIpc) is 2.73. The molecule has 7 nitrogen and oxygen atoms in total. The van der Waals surface area contributed by atoms with Gasteiger partial charge < -0.3 is 25.6 Å². The van der Waals surface area contributed by atoms with E-state index in [0.717, 1.165) is 18.5 Å². The minimum Gasteiger partial charge on any atom is -0.495 e. The van der Waals surface area contributed by atoms with Crippen molar-refractivity contribution in [2.45, 2.75) is 12.8 Å². The van der Waals surface area contributed by atoms with Gasteiger partial charge in [0, 0.05) is 25.3 Å². The molecule has 1 saturated heterocycles. The fraction of sp³-hybridized carbons (Fsp3) is 0.333. The third-order valence-corrected chi connectivity index (χ3v) is 4.83. The van der Waals surface area contributed by atoms with E-state index in [1.165, 1.54) is 0 Å². The quantitative estimate of drug-likeness (QED) is 0.736. The number of nitrogens with one attached hydrogen (secondary N) is 3. The number of hydrogen-bond donors (Lipinski definition) is 3. The van der Waals surface area contributed by atoms with E-state index >= 15 is 0 Å². The number of hydrogen-bond acceptors (Lipinski definition) is 3. The van der Waals surface area contributed by atoms with Crippen LogP contribution in [0.5, 0.6) is 5.75 Å². The van der Waals surface area contributed by atoms with Gasteiger partial charge in [0.2, 0.25) is 0 Å². The SMILES string of the molecule is COc1ccccc1NC(=O)N1CCC(CNC(=O)Nc2ccccc2)CC1. The van der Waals surface area contributed by atoms with Gasteiger partial charge in [-0.3, -0.25) is 0 Å². The first kappa shape index (κ1) is 19.5. The molecule has 0 radical (unpaired) electrons. The lowest BCUT2D eigenvalue weighted by atomic mass is 9.97. The minimum absolute atomic E-state index is 0.127. The highest BCUT2D eigenvalue weighted by Crippen LogP contribution is 2.24. The predicted octanol–water partition coefficient (Wildman–Crippen LogP) is 3.76. The number of rotatable bonds is 5. The Balaban J connectivity index is 1.40. The largest absolute Gasteiger partial charge is 0.495 e. The Bertz CT molecular complexity index is 789. The summed E-state index contributed by atoms with van der Waals surface area (Å²) in [6.07, 6.45) is 1.70. The van der Waals surface area contributed by atoms with Crippen LogP contribution in [0.2, 0.25) is 0 Å². The highest BCUT2D eigenvalue weighted by molar-refractivity contribution is 5.91.